The van der Waals surface area contributed by atoms with E-state index in [2.05, 4.69) is 10.6 Å². The van der Waals surface area contributed by atoms with Gasteiger partial charge in [0.1, 0.15) is 5.75 Å². The summed E-state index contributed by atoms with van der Waals surface area (Å²) in [5.74, 6) is 0.325. The summed E-state index contributed by atoms with van der Waals surface area (Å²) in [5, 5.41) is 5.60. The van der Waals surface area contributed by atoms with E-state index in [1.807, 2.05) is 24.3 Å². The average molecular weight is 456 g/mol. The van der Waals surface area contributed by atoms with Crippen LogP contribution in [0.15, 0.2) is 78.9 Å². The maximum absolute atomic E-state index is 12.4. The molecule has 3 aromatic carbocycles. The van der Waals surface area contributed by atoms with E-state index >= 15 is 0 Å². The van der Waals surface area contributed by atoms with Crippen molar-refractivity contribution in [3.8, 4) is 5.75 Å². The van der Waals surface area contributed by atoms with Gasteiger partial charge in [-0.05, 0) is 78.7 Å². The lowest BCUT2D eigenvalue weighted by molar-refractivity contribution is -0.117. The molecule has 3 aromatic rings. The van der Waals surface area contributed by atoms with Crippen LogP contribution in [-0.4, -0.2) is 31.4 Å². The quantitative estimate of drug-likeness (QED) is 0.505. The molecule has 0 unspecified atom stereocenters. The molecule has 0 spiro atoms. The third kappa shape index (κ3) is 5.69. The average Bonchev–Trinajstić information content (AvgIpc) is 3.29. The van der Waals surface area contributed by atoms with Crippen molar-refractivity contribution < 1.29 is 19.1 Å². The Kier molecular flexibility index (Phi) is 7.03. The third-order valence-electron chi connectivity index (χ3n) is 5.47. The fourth-order valence-corrected chi connectivity index (χ4v) is 3.62. The van der Waals surface area contributed by atoms with Crippen molar-refractivity contribution in [2.24, 2.45) is 0 Å². The van der Waals surface area contributed by atoms with Gasteiger partial charge >= 0.3 is 0 Å². The Morgan fingerprint density at radius 2 is 1.53 bits per heavy atom. The number of hydrogen-bond donors (Lipinski definition) is 2. The van der Waals surface area contributed by atoms with Crippen LogP contribution < -0.4 is 20.3 Å². The van der Waals surface area contributed by atoms with Gasteiger partial charge in [-0.3, -0.25) is 14.4 Å². The number of carbonyl (C=O) groups is 3. The second-order valence-electron chi connectivity index (χ2n) is 7.82. The highest BCUT2D eigenvalue weighted by molar-refractivity contribution is 6.05. The van der Waals surface area contributed by atoms with Crippen LogP contribution in [0.3, 0.4) is 0 Å². The third-order valence-corrected chi connectivity index (χ3v) is 5.47. The Balaban J connectivity index is 1.30. The van der Waals surface area contributed by atoms with Gasteiger partial charge in [-0.25, -0.2) is 0 Å². The maximum Gasteiger partial charge on any atom is 0.255 e. The summed E-state index contributed by atoms with van der Waals surface area (Å²) in [7, 11) is 1.58. The predicted molar refractivity (Wildman–Crippen MR) is 133 cm³/mol. The highest BCUT2D eigenvalue weighted by Crippen LogP contribution is 2.22. The van der Waals surface area contributed by atoms with Crippen molar-refractivity contribution in [1.82, 2.24) is 0 Å². The molecule has 0 saturated carbocycles. The second kappa shape index (κ2) is 10.5. The van der Waals surface area contributed by atoms with Crippen LogP contribution in [0.1, 0.15) is 28.8 Å². The van der Waals surface area contributed by atoms with Crippen LogP contribution in [0, 0.1) is 0 Å². The molecule has 1 aliphatic heterocycles. The van der Waals surface area contributed by atoms with Gasteiger partial charge in [0.2, 0.25) is 11.8 Å². The zero-order valence-corrected chi connectivity index (χ0v) is 18.8. The highest BCUT2D eigenvalue weighted by atomic mass is 16.5. The number of amides is 3. The molecule has 0 radical (unpaired) electrons. The van der Waals surface area contributed by atoms with Gasteiger partial charge in [0.05, 0.1) is 7.11 Å². The van der Waals surface area contributed by atoms with Gasteiger partial charge < -0.3 is 20.3 Å². The Hall–Kier alpha value is -4.39. The molecule has 0 aromatic heterocycles. The van der Waals surface area contributed by atoms with Gasteiger partial charge in [-0.2, -0.15) is 0 Å². The second-order valence-corrected chi connectivity index (χ2v) is 7.82. The standard InChI is InChI=1S/C27H25N3O4/c1-34-24-15-11-22(12-16-24)29-27(33)20-7-9-21(10-8-20)28-25(31)17-6-19-4-13-23(14-5-19)30-18-2-3-26(30)32/h4-17H,2-3,18H2,1H3,(H,28,31)(H,29,33)/b17-6+. The molecular formula is C27H25N3O4. The first kappa shape index (κ1) is 22.8. The maximum atomic E-state index is 12.4. The molecule has 1 aliphatic rings. The molecule has 0 bridgehead atoms. The van der Waals surface area contributed by atoms with E-state index in [1.165, 1.54) is 6.08 Å². The van der Waals surface area contributed by atoms with Gasteiger partial charge in [-0.15, -0.1) is 0 Å². The lowest BCUT2D eigenvalue weighted by Crippen LogP contribution is -2.23. The van der Waals surface area contributed by atoms with Crippen LogP contribution in [-0.2, 0) is 9.59 Å². The number of anilines is 3. The number of ether oxygens (including phenoxy) is 1. The molecule has 2 N–H and O–H groups in total. The van der Waals surface area contributed by atoms with Crippen molar-refractivity contribution in [2.75, 3.05) is 29.2 Å². The fraction of sp³-hybridized carbons (Fsp3) is 0.148. The van der Waals surface area contributed by atoms with Crippen LogP contribution in [0.25, 0.3) is 6.08 Å². The summed E-state index contributed by atoms with van der Waals surface area (Å²) < 4.78 is 5.11. The van der Waals surface area contributed by atoms with Crippen LogP contribution in [0.4, 0.5) is 17.1 Å². The van der Waals surface area contributed by atoms with E-state index in [0.29, 0.717) is 29.1 Å². The van der Waals surface area contributed by atoms with Crippen molar-refractivity contribution in [3.63, 3.8) is 0 Å². The summed E-state index contributed by atoms with van der Waals surface area (Å²) in [6.07, 6.45) is 4.63. The largest absolute Gasteiger partial charge is 0.497 e. The number of nitrogens with one attached hydrogen (secondary N) is 2. The molecule has 0 aliphatic carbocycles. The van der Waals surface area contributed by atoms with Crippen LogP contribution in [0.5, 0.6) is 5.75 Å². The number of methoxy groups -OCH3 is 1. The smallest absolute Gasteiger partial charge is 0.255 e. The van der Waals surface area contributed by atoms with Crippen LogP contribution >= 0.6 is 0 Å². The Morgan fingerprint density at radius 3 is 2.15 bits per heavy atom. The van der Waals surface area contributed by atoms with E-state index in [-0.39, 0.29) is 17.7 Å². The molecule has 1 heterocycles. The van der Waals surface area contributed by atoms with Crippen LogP contribution in [0.2, 0.25) is 0 Å². The van der Waals surface area contributed by atoms with Crippen molar-refractivity contribution in [2.45, 2.75) is 12.8 Å². The first-order valence-electron chi connectivity index (χ1n) is 11.0. The van der Waals surface area contributed by atoms with Gasteiger partial charge in [-0.1, -0.05) is 12.1 Å². The number of nitrogens with zero attached hydrogens (tertiary/aromatic N) is 1. The zero-order valence-electron chi connectivity index (χ0n) is 18.8. The van der Waals surface area contributed by atoms with Gasteiger partial charge in [0.15, 0.2) is 0 Å². The Morgan fingerprint density at radius 1 is 0.882 bits per heavy atom. The SMILES string of the molecule is COc1ccc(NC(=O)c2ccc(NC(=O)/C=C/c3ccc(N4CCCC4=O)cc3)cc2)cc1. The predicted octanol–water partition coefficient (Wildman–Crippen LogP) is 4.73. The first-order chi connectivity index (χ1) is 16.5. The monoisotopic (exact) mass is 455 g/mol. The number of carbonyl (C=O) groups excluding carboxylic acids is 3. The Labute approximate surface area is 198 Å². The van der Waals surface area contributed by atoms with E-state index < -0.39 is 0 Å². The van der Waals surface area contributed by atoms with E-state index in [4.69, 9.17) is 4.74 Å². The summed E-state index contributed by atoms with van der Waals surface area (Å²) in [5.41, 5.74) is 3.45. The van der Waals surface area contributed by atoms with E-state index in [1.54, 1.807) is 66.6 Å². The normalized spacial score (nSPS) is 13.2. The summed E-state index contributed by atoms with van der Waals surface area (Å²) in [6, 6.07) is 21.2. The topological polar surface area (TPSA) is 87.7 Å². The summed E-state index contributed by atoms with van der Waals surface area (Å²) in [6.45, 7) is 0.748. The fourth-order valence-electron chi connectivity index (χ4n) is 3.62. The highest BCUT2D eigenvalue weighted by Gasteiger charge is 2.21. The first-order valence-corrected chi connectivity index (χ1v) is 11.0. The van der Waals surface area contributed by atoms with Crippen molar-refractivity contribution >= 4 is 40.9 Å². The molecule has 7 heteroatoms. The molecule has 1 saturated heterocycles. The lowest BCUT2D eigenvalue weighted by atomic mass is 10.1. The molecule has 7 nitrogen and oxygen atoms in total. The van der Waals surface area contributed by atoms with Crippen molar-refractivity contribution in [3.05, 3.63) is 90.0 Å². The summed E-state index contributed by atoms with van der Waals surface area (Å²) >= 11 is 0. The van der Waals surface area contributed by atoms with Gasteiger partial charge in [0, 0.05) is 41.7 Å². The van der Waals surface area contributed by atoms with Crippen molar-refractivity contribution in [1.29, 1.82) is 0 Å². The molecular weight excluding hydrogens is 430 g/mol. The Bertz CT molecular complexity index is 1200. The lowest BCUT2D eigenvalue weighted by Gasteiger charge is -2.15. The molecule has 34 heavy (non-hydrogen) atoms. The molecule has 172 valence electrons. The minimum Gasteiger partial charge on any atom is -0.497 e. The number of hydrogen-bond acceptors (Lipinski definition) is 4. The minimum atomic E-state index is -0.283. The van der Waals surface area contributed by atoms with E-state index in [0.717, 1.165) is 24.2 Å². The molecule has 4 rings (SSSR count). The molecule has 0 atom stereocenters. The minimum absolute atomic E-state index is 0.145. The molecule has 3 amide bonds. The number of benzene rings is 3. The van der Waals surface area contributed by atoms with E-state index in [9.17, 15) is 14.4 Å². The zero-order chi connectivity index (χ0) is 23.9. The molecule has 1 fully saturated rings. The summed E-state index contributed by atoms with van der Waals surface area (Å²) in [4.78, 5) is 38.3. The number of rotatable bonds is 7. The van der Waals surface area contributed by atoms with Gasteiger partial charge in [0.25, 0.3) is 5.91 Å².